The molecule has 0 atom stereocenters. The fourth-order valence-corrected chi connectivity index (χ4v) is 1.96. The van der Waals surface area contributed by atoms with Crippen LogP contribution in [0, 0.1) is 5.82 Å². The number of anilines is 3. The minimum Gasteiger partial charge on any atom is -0.354 e. The Kier molecular flexibility index (Phi) is 5.08. The maximum Gasteiger partial charge on any atom is 0.233 e. The number of hydrogen-bond acceptors (Lipinski definition) is 5. The molecule has 8 heteroatoms. The lowest BCUT2D eigenvalue weighted by Crippen LogP contribution is -2.08. The first kappa shape index (κ1) is 14.9. The fourth-order valence-electron chi connectivity index (χ4n) is 1.44. The van der Waals surface area contributed by atoms with E-state index in [9.17, 15) is 4.39 Å². The minimum absolute atomic E-state index is 0.0384. The summed E-state index contributed by atoms with van der Waals surface area (Å²) in [6.45, 7) is 2.73. The first-order chi connectivity index (χ1) is 9.58. The highest BCUT2D eigenvalue weighted by molar-refractivity contribution is 9.10. The molecule has 106 valence electrons. The van der Waals surface area contributed by atoms with Gasteiger partial charge in [0.2, 0.25) is 17.2 Å². The maximum atomic E-state index is 13.7. The predicted molar refractivity (Wildman–Crippen MR) is 81.0 cm³/mol. The first-order valence-corrected chi connectivity index (χ1v) is 7.13. The van der Waals surface area contributed by atoms with E-state index in [0.29, 0.717) is 12.5 Å². The summed E-state index contributed by atoms with van der Waals surface area (Å²) >= 11 is 9.10. The van der Waals surface area contributed by atoms with Crippen molar-refractivity contribution in [2.24, 2.45) is 0 Å². The minimum atomic E-state index is -0.409. The Labute approximate surface area is 129 Å². The van der Waals surface area contributed by atoms with E-state index in [4.69, 9.17) is 11.6 Å². The standard InChI is InChI=1S/C12H12BrClFN5/c1-2-5-16-11-18-10(14)19-12(20-11)17-9-6-7(13)3-4-8(9)15/h3-4,6H,2,5H2,1H3,(H2,16,17,18,19,20). The average molecular weight is 361 g/mol. The second-order valence-electron chi connectivity index (χ2n) is 3.93. The molecule has 2 rings (SSSR count). The van der Waals surface area contributed by atoms with Crippen molar-refractivity contribution in [1.29, 1.82) is 0 Å². The molecule has 0 unspecified atom stereocenters. The molecule has 0 bridgehead atoms. The van der Waals surface area contributed by atoms with Gasteiger partial charge in [0.15, 0.2) is 0 Å². The van der Waals surface area contributed by atoms with Crippen LogP contribution >= 0.6 is 27.5 Å². The van der Waals surface area contributed by atoms with Crippen LogP contribution in [0.25, 0.3) is 0 Å². The summed E-state index contributed by atoms with van der Waals surface area (Å²) in [6.07, 6.45) is 0.923. The van der Waals surface area contributed by atoms with Gasteiger partial charge >= 0.3 is 0 Å². The predicted octanol–water partition coefficient (Wildman–Crippen LogP) is 3.99. The lowest BCUT2D eigenvalue weighted by atomic mass is 10.3. The third kappa shape index (κ3) is 4.01. The summed E-state index contributed by atoms with van der Waals surface area (Å²) in [6, 6.07) is 4.53. The van der Waals surface area contributed by atoms with Gasteiger partial charge in [0, 0.05) is 11.0 Å². The smallest absolute Gasteiger partial charge is 0.233 e. The van der Waals surface area contributed by atoms with Gasteiger partial charge in [-0.25, -0.2) is 4.39 Å². The zero-order chi connectivity index (χ0) is 14.5. The molecule has 1 aromatic carbocycles. The van der Waals surface area contributed by atoms with E-state index in [1.165, 1.54) is 6.07 Å². The molecule has 0 amide bonds. The molecular weight excluding hydrogens is 349 g/mol. The largest absolute Gasteiger partial charge is 0.354 e. The molecule has 0 spiro atoms. The normalized spacial score (nSPS) is 10.4. The summed E-state index contributed by atoms with van der Waals surface area (Å²) in [4.78, 5) is 12.0. The molecule has 20 heavy (non-hydrogen) atoms. The van der Waals surface area contributed by atoms with Crippen molar-refractivity contribution >= 4 is 45.1 Å². The monoisotopic (exact) mass is 359 g/mol. The lowest BCUT2D eigenvalue weighted by molar-refractivity contribution is 0.631. The molecule has 1 aromatic heterocycles. The van der Waals surface area contributed by atoms with Gasteiger partial charge < -0.3 is 10.6 Å². The third-order valence-corrected chi connectivity index (χ3v) is 2.98. The van der Waals surface area contributed by atoms with Crippen molar-refractivity contribution in [3.63, 3.8) is 0 Å². The Morgan fingerprint density at radius 3 is 2.75 bits per heavy atom. The SMILES string of the molecule is CCCNc1nc(Cl)nc(Nc2cc(Br)ccc2F)n1. The number of benzene rings is 1. The Balaban J connectivity index is 2.24. The van der Waals surface area contributed by atoms with Crippen LogP contribution in [-0.4, -0.2) is 21.5 Å². The van der Waals surface area contributed by atoms with Gasteiger partial charge in [0.05, 0.1) is 5.69 Å². The first-order valence-electron chi connectivity index (χ1n) is 5.96. The number of nitrogens with one attached hydrogen (secondary N) is 2. The highest BCUT2D eigenvalue weighted by Gasteiger charge is 2.08. The number of hydrogen-bond donors (Lipinski definition) is 2. The number of nitrogens with zero attached hydrogens (tertiary/aromatic N) is 3. The van der Waals surface area contributed by atoms with Crippen LogP contribution in [-0.2, 0) is 0 Å². The summed E-state index contributed by atoms with van der Waals surface area (Å²) in [5.41, 5.74) is 0.253. The Hall–Kier alpha value is -1.47. The Bertz CT molecular complexity index is 610. The lowest BCUT2D eigenvalue weighted by Gasteiger charge is -2.08. The molecule has 2 N–H and O–H groups in total. The van der Waals surface area contributed by atoms with Gasteiger partial charge in [-0.05, 0) is 36.2 Å². The van der Waals surface area contributed by atoms with E-state index in [1.54, 1.807) is 12.1 Å². The van der Waals surface area contributed by atoms with Crippen molar-refractivity contribution in [2.45, 2.75) is 13.3 Å². The van der Waals surface area contributed by atoms with Crippen molar-refractivity contribution < 1.29 is 4.39 Å². The molecule has 0 aliphatic rings. The Morgan fingerprint density at radius 2 is 2.00 bits per heavy atom. The van der Waals surface area contributed by atoms with E-state index in [0.717, 1.165) is 10.9 Å². The third-order valence-electron chi connectivity index (χ3n) is 2.32. The van der Waals surface area contributed by atoms with Gasteiger partial charge in [0.25, 0.3) is 0 Å². The van der Waals surface area contributed by atoms with Crippen molar-refractivity contribution in [1.82, 2.24) is 15.0 Å². The molecule has 1 heterocycles. The second-order valence-corrected chi connectivity index (χ2v) is 5.18. The van der Waals surface area contributed by atoms with E-state index in [1.807, 2.05) is 6.92 Å². The molecule has 0 aliphatic heterocycles. The van der Waals surface area contributed by atoms with Crippen LogP contribution in [0.2, 0.25) is 5.28 Å². The van der Waals surface area contributed by atoms with Crippen molar-refractivity contribution in [2.75, 3.05) is 17.2 Å². The zero-order valence-corrected chi connectivity index (χ0v) is 13.0. The quantitative estimate of drug-likeness (QED) is 0.844. The molecule has 0 aliphatic carbocycles. The van der Waals surface area contributed by atoms with Gasteiger partial charge in [-0.3, -0.25) is 0 Å². The van der Waals surface area contributed by atoms with E-state index in [2.05, 4.69) is 41.5 Å². The number of halogens is 3. The zero-order valence-electron chi connectivity index (χ0n) is 10.6. The highest BCUT2D eigenvalue weighted by Crippen LogP contribution is 2.23. The second kappa shape index (κ2) is 6.81. The molecule has 5 nitrogen and oxygen atoms in total. The molecular formula is C12H12BrClFN5. The van der Waals surface area contributed by atoms with Gasteiger partial charge in [-0.1, -0.05) is 22.9 Å². The molecule has 0 fully saturated rings. The van der Waals surface area contributed by atoms with Crippen LogP contribution in [0.1, 0.15) is 13.3 Å². The van der Waals surface area contributed by atoms with Crippen LogP contribution in [0.15, 0.2) is 22.7 Å². The summed E-state index contributed by atoms with van der Waals surface area (Å²) < 4.78 is 14.4. The summed E-state index contributed by atoms with van der Waals surface area (Å²) in [5, 5.41) is 5.82. The molecule has 0 saturated carbocycles. The average Bonchev–Trinajstić information content (AvgIpc) is 2.40. The van der Waals surface area contributed by atoms with Crippen LogP contribution in [0.3, 0.4) is 0 Å². The topological polar surface area (TPSA) is 62.7 Å². The van der Waals surface area contributed by atoms with Crippen molar-refractivity contribution in [3.8, 4) is 0 Å². The van der Waals surface area contributed by atoms with Crippen LogP contribution < -0.4 is 10.6 Å². The Morgan fingerprint density at radius 1 is 1.25 bits per heavy atom. The van der Waals surface area contributed by atoms with Gasteiger partial charge in [-0.15, -0.1) is 0 Å². The van der Waals surface area contributed by atoms with Crippen LogP contribution in [0.4, 0.5) is 22.0 Å². The van der Waals surface area contributed by atoms with Crippen molar-refractivity contribution in [3.05, 3.63) is 33.8 Å². The van der Waals surface area contributed by atoms with Gasteiger partial charge in [-0.2, -0.15) is 15.0 Å². The maximum absolute atomic E-state index is 13.7. The van der Waals surface area contributed by atoms with Crippen LogP contribution in [0.5, 0.6) is 0 Å². The summed E-state index contributed by atoms with van der Waals surface area (Å²) in [5.74, 6) is 0.123. The van der Waals surface area contributed by atoms with E-state index < -0.39 is 5.82 Å². The molecule has 2 aromatic rings. The highest BCUT2D eigenvalue weighted by atomic mass is 79.9. The number of rotatable bonds is 5. The fraction of sp³-hybridized carbons (Fsp3) is 0.250. The van der Waals surface area contributed by atoms with E-state index >= 15 is 0 Å². The number of aromatic nitrogens is 3. The van der Waals surface area contributed by atoms with Gasteiger partial charge in [0.1, 0.15) is 5.82 Å². The molecule has 0 saturated heterocycles. The van der Waals surface area contributed by atoms with E-state index in [-0.39, 0.29) is 16.9 Å². The summed E-state index contributed by atoms with van der Waals surface area (Å²) in [7, 11) is 0. The molecule has 0 radical (unpaired) electrons.